The number of hydrogen-bond donors (Lipinski definition) is 2. The minimum Gasteiger partial charge on any atom is -0.484 e. The third-order valence-electron chi connectivity index (χ3n) is 2.48. The highest BCUT2D eigenvalue weighted by atomic mass is 16.6. The molecule has 2 rings (SSSR count). The summed E-state index contributed by atoms with van der Waals surface area (Å²) < 4.78 is 9.95. The van der Waals surface area contributed by atoms with E-state index in [-0.39, 0.29) is 23.8 Å². The molecule has 9 nitrogen and oxygen atoms in total. The van der Waals surface area contributed by atoms with Crippen LogP contribution in [0.15, 0.2) is 47.1 Å². The predicted octanol–water partition coefficient (Wildman–Crippen LogP) is 1.03. The molecule has 0 aliphatic carbocycles. The molecule has 2 aromatic rings. The van der Waals surface area contributed by atoms with Crippen LogP contribution in [-0.2, 0) is 4.79 Å². The maximum atomic E-state index is 11.5. The Hall–Kier alpha value is -3.36. The van der Waals surface area contributed by atoms with Crippen LogP contribution in [0.3, 0.4) is 0 Å². The van der Waals surface area contributed by atoms with Crippen LogP contribution in [0.4, 0.5) is 5.69 Å². The summed E-state index contributed by atoms with van der Waals surface area (Å²) in [6, 6.07) is 8.22. The van der Waals surface area contributed by atoms with Crippen LogP contribution in [0.1, 0.15) is 10.6 Å². The Balaban J connectivity index is 1.75. The van der Waals surface area contributed by atoms with E-state index in [0.717, 1.165) is 0 Å². The largest absolute Gasteiger partial charge is 0.484 e. The second-order valence-corrected chi connectivity index (χ2v) is 4.02. The molecule has 1 heterocycles. The number of nitrogens with one attached hydrogen (secondary N) is 2. The molecule has 0 saturated heterocycles. The van der Waals surface area contributed by atoms with Crippen molar-refractivity contribution in [2.24, 2.45) is 0 Å². The fourth-order valence-electron chi connectivity index (χ4n) is 1.44. The first kappa shape index (κ1) is 15.0. The number of non-ortho nitro benzene ring substituents is 1. The Labute approximate surface area is 124 Å². The summed E-state index contributed by atoms with van der Waals surface area (Å²) in [6.45, 7) is -0.365. The maximum Gasteiger partial charge on any atom is 0.305 e. The van der Waals surface area contributed by atoms with Gasteiger partial charge in [0.05, 0.1) is 11.2 Å². The molecule has 0 aliphatic heterocycles. The lowest BCUT2D eigenvalue weighted by molar-refractivity contribution is -0.384. The molecule has 0 unspecified atom stereocenters. The molecule has 2 amide bonds. The van der Waals surface area contributed by atoms with Crippen molar-refractivity contribution in [1.82, 2.24) is 10.9 Å². The first-order chi connectivity index (χ1) is 10.6. The quantitative estimate of drug-likeness (QED) is 0.628. The molecule has 0 bridgehead atoms. The third kappa shape index (κ3) is 4.07. The average molecular weight is 305 g/mol. The molecule has 1 aromatic heterocycles. The van der Waals surface area contributed by atoms with Gasteiger partial charge in [0.15, 0.2) is 12.4 Å². The van der Waals surface area contributed by atoms with Gasteiger partial charge in [0.1, 0.15) is 5.75 Å². The number of carbonyl (C=O) groups excluding carboxylic acids is 2. The van der Waals surface area contributed by atoms with E-state index in [1.807, 2.05) is 0 Å². The van der Waals surface area contributed by atoms with Crippen molar-refractivity contribution in [1.29, 1.82) is 0 Å². The van der Waals surface area contributed by atoms with E-state index in [9.17, 15) is 19.7 Å². The number of amides is 2. The van der Waals surface area contributed by atoms with E-state index >= 15 is 0 Å². The molecule has 0 atom stereocenters. The summed E-state index contributed by atoms with van der Waals surface area (Å²) in [4.78, 5) is 32.9. The predicted molar refractivity (Wildman–Crippen MR) is 72.9 cm³/mol. The lowest BCUT2D eigenvalue weighted by Crippen LogP contribution is -2.43. The molecule has 2 N–H and O–H groups in total. The second kappa shape index (κ2) is 6.88. The SMILES string of the molecule is O=C(COc1ccc([N+](=O)[O-])cc1)NNC(=O)c1ccco1. The standard InChI is InChI=1S/C13H11N3O6/c17-12(14-15-13(18)11-2-1-7-21-11)8-22-10-5-3-9(4-6-10)16(19)20/h1-7H,8H2,(H,14,17)(H,15,18). The zero-order valence-electron chi connectivity index (χ0n) is 11.1. The smallest absolute Gasteiger partial charge is 0.305 e. The van der Waals surface area contributed by atoms with Crippen LogP contribution in [-0.4, -0.2) is 23.3 Å². The third-order valence-corrected chi connectivity index (χ3v) is 2.48. The highest BCUT2D eigenvalue weighted by Crippen LogP contribution is 2.16. The highest BCUT2D eigenvalue weighted by molar-refractivity contribution is 5.92. The summed E-state index contributed by atoms with van der Waals surface area (Å²) in [5.74, 6) is -0.860. The van der Waals surface area contributed by atoms with Gasteiger partial charge in [-0.25, -0.2) is 0 Å². The van der Waals surface area contributed by atoms with Gasteiger partial charge in [-0.05, 0) is 24.3 Å². The van der Waals surface area contributed by atoms with Crippen molar-refractivity contribution in [3.8, 4) is 5.75 Å². The van der Waals surface area contributed by atoms with E-state index in [2.05, 4.69) is 10.9 Å². The molecule has 114 valence electrons. The maximum absolute atomic E-state index is 11.5. The second-order valence-electron chi connectivity index (χ2n) is 4.02. The molecule has 9 heteroatoms. The van der Waals surface area contributed by atoms with E-state index < -0.39 is 16.7 Å². The Kier molecular flexibility index (Phi) is 4.70. The van der Waals surface area contributed by atoms with Crippen LogP contribution >= 0.6 is 0 Å². The normalized spacial score (nSPS) is 9.82. The van der Waals surface area contributed by atoms with Gasteiger partial charge in [0.25, 0.3) is 11.6 Å². The van der Waals surface area contributed by atoms with Gasteiger partial charge in [-0.3, -0.25) is 30.6 Å². The lowest BCUT2D eigenvalue weighted by atomic mass is 10.3. The van der Waals surface area contributed by atoms with Crippen molar-refractivity contribution in [2.45, 2.75) is 0 Å². The molecular weight excluding hydrogens is 294 g/mol. The minimum atomic E-state index is -0.603. The number of furan rings is 1. The van der Waals surface area contributed by atoms with Crippen molar-refractivity contribution in [2.75, 3.05) is 6.61 Å². The monoisotopic (exact) mass is 305 g/mol. The van der Waals surface area contributed by atoms with E-state index in [0.29, 0.717) is 0 Å². The van der Waals surface area contributed by atoms with Crippen LogP contribution in [0.5, 0.6) is 5.75 Å². The van der Waals surface area contributed by atoms with Gasteiger partial charge in [0.2, 0.25) is 0 Å². The number of nitro groups is 1. The summed E-state index contributed by atoms with van der Waals surface area (Å²) in [6.07, 6.45) is 1.33. The Morgan fingerprint density at radius 3 is 2.50 bits per heavy atom. The lowest BCUT2D eigenvalue weighted by Gasteiger charge is -2.07. The molecular formula is C13H11N3O6. The van der Waals surface area contributed by atoms with Crippen LogP contribution in [0.2, 0.25) is 0 Å². The number of hydrogen-bond acceptors (Lipinski definition) is 6. The van der Waals surface area contributed by atoms with Crippen LogP contribution in [0, 0.1) is 10.1 Å². The van der Waals surface area contributed by atoms with Crippen LogP contribution < -0.4 is 15.6 Å². The van der Waals surface area contributed by atoms with Crippen molar-refractivity contribution in [3.05, 3.63) is 58.5 Å². The molecule has 0 radical (unpaired) electrons. The zero-order valence-corrected chi connectivity index (χ0v) is 11.1. The molecule has 22 heavy (non-hydrogen) atoms. The Bertz CT molecular complexity index is 666. The van der Waals surface area contributed by atoms with E-state index in [1.54, 1.807) is 0 Å². The zero-order chi connectivity index (χ0) is 15.9. The molecule has 0 aliphatic rings. The summed E-state index contributed by atoms with van der Waals surface area (Å²) in [7, 11) is 0. The number of hydrazine groups is 1. The molecule has 0 saturated carbocycles. The number of nitro benzene ring substituents is 1. The number of nitrogens with zero attached hydrogens (tertiary/aromatic N) is 1. The van der Waals surface area contributed by atoms with Gasteiger partial charge >= 0.3 is 5.91 Å². The molecule has 1 aromatic carbocycles. The van der Waals surface area contributed by atoms with E-state index in [1.165, 1.54) is 42.7 Å². The summed E-state index contributed by atoms with van der Waals surface area (Å²) in [5.41, 5.74) is 4.20. The fraction of sp³-hybridized carbons (Fsp3) is 0.0769. The minimum absolute atomic E-state index is 0.0524. The first-order valence-corrected chi connectivity index (χ1v) is 6.06. The van der Waals surface area contributed by atoms with Gasteiger partial charge in [0, 0.05) is 12.1 Å². The molecule has 0 spiro atoms. The topological polar surface area (TPSA) is 124 Å². The van der Waals surface area contributed by atoms with Gasteiger partial charge < -0.3 is 9.15 Å². The van der Waals surface area contributed by atoms with Crippen molar-refractivity contribution >= 4 is 17.5 Å². The van der Waals surface area contributed by atoms with Crippen LogP contribution in [0.25, 0.3) is 0 Å². The first-order valence-electron chi connectivity index (χ1n) is 6.06. The van der Waals surface area contributed by atoms with Gasteiger partial charge in [-0.2, -0.15) is 0 Å². The molecule has 0 fully saturated rings. The van der Waals surface area contributed by atoms with Gasteiger partial charge in [-0.15, -0.1) is 0 Å². The van der Waals surface area contributed by atoms with Gasteiger partial charge in [-0.1, -0.05) is 0 Å². The van der Waals surface area contributed by atoms with E-state index in [4.69, 9.17) is 9.15 Å². The highest BCUT2D eigenvalue weighted by Gasteiger charge is 2.10. The van der Waals surface area contributed by atoms with Crippen molar-refractivity contribution in [3.63, 3.8) is 0 Å². The number of benzene rings is 1. The fourth-order valence-corrected chi connectivity index (χ4v) is 1.44. The Morgan fingerprint density at radius 1 is 1.18 bits per heavy atom. The number of rotatable bonds is 5. The Morgan fingerprint density at radius 2 is 1.91 bits per heavy atom. The number of ether oxygens (including phenoxy) is 1. The summed E-state index contributed by atoms with van der Waals surface area (Å²) in [5, 5.41) is 10.5. The number of carbonyl (C=O) groups is 2. The van der Waals surface area contributed by atoms with Crippen molar-refractivity contribution < 1.29 is 23.7 Å². The average Bonchev–Trinajstić information content (AvgIpc) is 3.05. The summed E-state index contributed by atoms with van der Waals surface area (Å²) >= 11 is 0.